The zero-order chi connectivity index (χ0) is 14.3. The Labute approximate surface area is 130 Å². The van der Waals surface area contributed by atoms with Gasteiger partial charge >= 0.3 is 0 Å². The van der Waals surface area contributed by atoms with Gasteiger partial charge in [0.25, 0.3) is 5.91 Å². The fourth-order valence-corrected chi connectivity index (χ4v) is 3.73. The van der Waals surface area contributed by atoms with Gasteiger partial charge in [-0.2, -0.15) is 0 Å². The van der Waals surface area contributed by atoms with Crippen molar-refractivity contribution in [2.75, 3.05) is 19.6 Å². The number of carbonyl (C=O) groups excluding carboxylic acids is 2. The number of hydrogen-bond donors (Lipinski definition) is 0. The number of nitrogens with zero attached hydrogens (tertiary/aromatic N) is 2. The van der Waals surface area contributed by atoms with Crippen LogP contribution in [0.5, 0.6) is 0 Å². The minimum Gasteiger partial charge on any atom is -0.336 e. The van der Waals surface area contributed by atoms with Crippen molar-refractivity contribution in [3.05, 3.63) is 33.3 Å². The molecule has 2 fully saturated rings. The first-order valence-electron chi connectivity index (χ1n) is 6.60. The molecule has 1 unspecified atom stereocenters. The maximum atomic E-state index is 12.6. The van der Waals surface area contributed by atoms with Gasteiger partial charge in [-0.25, -0.2) is 0 Å². The van der Waals surface area contributed by atoms with E-state index >= 15 is 0 Å². The van der Waals surface area contributed by atoms with Gasteiger partial charge in [-0.15, -0.1) is 0 Å². The lowest BCUT2D eigenvalue weighted by Gasteiger charge is -2.37. The third kappa shape index (κ3) is 2.44. The average Bonchev–Trinajstić information content (AvgIpc) is 2.79. The Hall–Kier alpha value is -1.07. The van der Waals surface area contributed by atoms with Crippen molar-refractivity contribution in [2.24, 2.45) is 0 Å². The van der Waals surface area contributed by atoms with Crippen LogP contribution in [0.1, 0.15) is 23.2 Å². The van der Waals surface area contributed by atoms with E-state index < -0.39 is 0 Å². The number of benzene rings is 1. The number of amides is 2. The molecule has 3 rings (SSSR count). The molecule has 2 saturated heterocycles. The van der Waals surface area contributed by atoms with Gasteiger partial charge in [0.1, 0.15) is 0 Å². The summed E-state index contributed by atoms with van der Waals surface area (Å²) in [6.07, 6.45) is 1.46. The Morgan fingerprint density at radius 1 is 1.35 bits per heavy atom. The summed E-state index contributed by atoms with van der Waals surface area (Å²) >= 11 is 9.28. The summed E-state index contributed by atoms with van der Waals surface area (Å²) in [7, 11) is 0. The highest BCUT2D eigenvalue weighted by molar-refractivity contribution is 9.10. The number of carbonyl (C=O) groups is 2. The molecule has 0 bridgehead atoms. The summed E-state index contributed by atoms with van der Waals surface area (Å²) in [6, 6.07) is 5.37. The Kier molecular flexibility index (Phi) is 3.73. The maximum Gasteiger partial charge on any atom is 0.255 e. The van der Waals surface area contributed by atoms with Crippen LogP contribution in [0, 0.1) is 0 Å². The molecule has 0 saturated carbocycles. The molecule has 4 nitrogen and oxygen atoms in total. The smallest absolute Gasteiger partial charge is 0.255 e. The number of hydrogen-bond acceptors (Lipinski definition) is 2. The second-order valence-electron chi connectivity index (χ2n) is 5.15. The van der Waals surface area contributed by atoms with E-state index in [-0.39, 0.29) is 17.9 Å². The molecule has 2 aliphatic heterocycles. The molecule has 2 heterocycles. The number of halogens is 2. The quantitative estimate of drug-likeness (QED) is 0.775. The topological polar surface area (TPSA) is 40.6 Å². The summed E-state index contributed by atoms with van der Waals surface area (Å²) in [6.45, 7) is 1.86. The van der Waals surface area contributed by atoms with Crippen LogP contribution >= 0.6 is 27.5 Å². The van der Waals surface area contributed by atoms with E-state index in [1.807, 2.05) is 9.80 Å². The van der Waals surface area contributed by atoms with Crippen molar-refractivity contribution in [1.29, 1.82) is 0 Å². The van der Waals surface area contributed by atoms with Gasteiger partial charge in [-0.05, 0) is 40.5 Å². The Morgan fingerprint density at radius 3 is 2.90 bits per heavy atom. The lowest BCUT2D eigenvalue weighted by atomic mass is 10.1. The summed E-state index contributed by atoms with van der Waals surface area (Å²) in [4.78, 5) is 27.9. The Morgan fingerprint density at radius 2 is 2.15 bits per heavy atom. The monoisotopic (exact) mass is 356 g/mol. The highest BCUT2D eigenvalue weighted by Crippen LogP contribution is 2.26. The molecule has 6 heteroatoms. The number of rotatable bonds is 1. The van der Waals surface area contributed by atoms with Gasteiger partial charge in [-0.1, -0.05) is 11.6 Å². The normalized spacial score (nSPS) is 22.1. The summed E-state index contributed by atoms with van der Waals surface area (Å²) < 4.78 is 0.708. The molecule has 0 aromatic heterocycles. The Balaban J connectivity index is 1.77. The number of piperazine rings is 1. The molecule has 1 aromatic carbocycles. The van der Waals surface area contributed by atoms with Crippen molar-refractivity contribution in [2.45, 2.75) is 18.9 Å². The lowest BCUT2D eigenvalue weighted by molar-refractivity contribution is -0.130. The molecule has 0 N–H and O–H groups in total. The molecule has 0 spiro atoms. The largest absolute Gasteiger partial charge is 0.336 e. The second kappa shape index (κ2) is 5.37. The first kappa shape index (κ1) is 13.9. The van der Waals surface area contributed by atoms with Gasteiger partial charge in [0.2, 0.25) is 5.91 Å². The van der Waals surface area contributed by atoms with E-state index in [0.717, 1.165) is 6.42 Å². The van der Waals surface area contributed by atoms with Gasteiger partial charge in [0.15, 0.2) is 0 Å². The summed E-state index contributed by atoms with van der Waals surface area (Å²) in [5.41, 5.74) is 0.618. The van der Waals surface area contributed by atoms with Crippen LogP contribution in [0.3, 0.4) is 0 Å². The number of fused-ring (bicyclic) bond motifs is 1. The zero-order valence-electron chi connectivity index (χ0n) is 10.8. The fraction of sp³-hybridized carbons (Fsp3) is 0.429. The molecule has 20 heavy (non-hydrogen) atoms. The van der Waals surface area contributed by atoms with E-state index in [1.54, 1.807) is 18.2 Å². The van der Waals surface area contributed by atoms with Crippen molar-refractivity contribution in [3.8, 4) is 0 Å². The van der Waals surface area contributed by atoms with Gasteiger partial charge in [0.05, 0.1) is 5.56 Å². The van der Waals surface area contributed by atoms with Crippen molar-refractivity contribution in [1.82, 2.24) is 9.80 Å². The summed E-state index contributed by atoms with van der Waals surface area (Å²) in [5.74, 6) is 0.210. The second-order valence-corrected chi connectivity index (χ2v) is 6.45. The van der Waals surface area contributed by atoms with E-state index in [9.17, 15) is 9.59 Å². The predicted molar refractivity (Wildman–Crippen MR) is 79.8 cm³/mol. The molecule has 2 amide bonds. The van der Waals surface area contributed by atoms with Gasteiger partial charge in [0, 0.05) is 41.6 Å². The summed E-state index contributed by atoms with van der Waals surface area (Å²) in [5, 5.41) is 0.597. The van der Waals surface area contributed by atoms with E-state index in [2.05, 4.69) is 15.9 Å². The van der Waals surface area contributed by atoms with Crippen LogP contribution < -0.4 is 0 Å². The van der Waals surface area contributed by atoms with Crippen LogP contribution in [0.15, 0.2) is 22.7 Å². The van der Waals surface area contributed by atoms with Crippen molar-refractivity contribution >= 4 is 39.3 Å². The lowest BCUT2D eigenvalue weighted by Crippen LogP contribution is -2.53. The van der Waals surface area contributed by atoms with Gasteiger partial charge < -0.3 is 9.80 Å². The third-order valence-electron chi connectivity index (χ3n) is 3.94. The first-order valence-corrected chi connectivity index (χ1v) is 7.77. The molecule has 106 valence electrons. The third-order valence-corrected chi connectivity index (χ3v) is 4.83. The van der Waals surface area contributed by atoms with E-state index in [1.165, 1.54) is 0 Å². The molecule has 1 aromatic rings. The zero-order valence-corrected chi connectivity index (χ0v) is 13.2. The predicted octanol–water partition coefficient (Wildman–Crippen LogP) is 2.55. The highest BCUT2D eigenvalue weighted by atomic mass is 79.9. The van der Waals surface area contributed by atoms with Crippen molar-refractivity contribution in [3.63, 3.8) is 0 Å². The fourth-order valence-electron chi connectivity index (χ4n) is 2.88. The van der Waals surface area contributed by atoms with E-state index in [4.69, 9.17) is 11.6 Å². The molecular formula is C14H14BrClN2O2. The Bertz CT molecular complexity index is 578. The molecule has 0 aliphatic carbocycles. The maximum absolute atomic E-state index is 12.6. The highest BCUT2D eigenvalue weighted by Gasteiger charge is 2.37. The minimum absolute atomic E-state index is 0.00691. The first-order chi connectivity index (χ1) is 9.56. The van der Waals surface area contributed by atoms with Crippen LogP contribution in [-0.4, -0.2) is 47.3 Å². The molecule has 0 radical (unpaired) electrons. The molecular weight excluding hydrogens is 344 g/mol. The van der Waals surface area contributed by atoms with Crippen LogP contribution in [0.2, 0.25) is 5.02 Å². The van der Waals surface area contributed by atoms with Crippen LogP contribution in [0.25, 0.3) is 0 Å². The van der Waals surface area contributed by atoms with Crippen LogP contribution in [0.4, 0.5) is 0 Å². The van der Waals surface area contributed by atoms with Gasteiger partial charge in [-0.3, -0.25) is 9.59 Å². The SMILES string of the molecule is O=C(c1ccc(Cl)cc1Br)N1CCN2C(=O)CCC2C1. The molecule has 2 aliphatic rings. The average molecular weight is 358 g/mol. The standard InChI is InChI=1S/C14H14BrClN2O2/c15-12-7-9(16)1-3-11(12)14(20)17-5-6-18-10(8-17)2-4-13(18)19/h1,3,7,10H,2,4-6,8H2. The van der Waals surface area contributed by atoms with E-state index in [0.29, 0.717) is 41.1 Å². The van der Waals surface area contributed by atoms with Crippen LogP contribution in [-0.2, 0) is 4.79 Å². The minimum atomic E-state index is -0.00691. The molecule has 1 atom stereocenters. The van der Waals surface area contributed by atoms with Crippen molar-refractivity contribution < 1.29 is 9.59 Å².